The maximum atomic E-state index is 12.9. The molecule has 0 radical (unpaired) electrons. The van der Waals surface area contributed by atoms with Gasteiger partial charge in [0.2, 0.25) is 15.4 Å². The number of aliphatic hydroxyl groups is 1. The lowest BCUT2D eigenvalue weighted by molar-refractivity contribution is -0.242. The van der Waals surface area contributed by atoms with Gasteiger partial charge in [0.05, 0.1) is 26.2 Å². The Morgan fingerprint density at radius 2 is 1.76 bits per heavy atom. The minimum absolute atomic E-state index is 0.00490. The zero-order chi connectivity index (χ0) is 22.0. The average Bonchev–Trinajstić information content (AvgIpc) is 2.62. The second-order valence-electron chi connectivity index (χ2n) is 6.20. The summed E-state index contributed by atoms with van der Waals surface area (Å²) < 4.78 is 64.2. The molecule has 0 spiro atoms. The summed E-state index contributed by atoms with van der Waals surface area (Å²) in [6, 6.07) is 9.36. The van der Waals surface area contributed by atoms with Crippen LogP contribution in [-0.4, -0.2) is 37.8 Å². The van der Waals surface area contributed by atoms with Gasteiger partial charge in [-0.05, 0) is 44.2 Å². The number of hydrogen-bond acceptors (Lipinski definition) is 5. The van der Waals surface area contributed by atoms with E-state index in [0.717, 1.165) is 18.2 Å². The molecule has 1 atom stereocenters. The second-order valence-corrected chi connectivity index (χ2v) is 8.52. The number of amides is 1. The van der Waals surface area contributed by atoms with E-state index in [-0.39, 0.29) is 20.5 Å². The van der Waals surface area contributed by atoms with Crippen molar-refractivity contribution in [3.05, 3.63) is 47.5 Å². The van der Waals surface area contributed by atoms with Crippen LogP contribution < -0.4 is 10.6 Å². The number of carbonyl (C=O) groups is 1. The third-order valence-electron chi connectivity index (χ3n) is 4.04. The van der Waals surface area contributed by atoms with Crippen molar-refractivity contribution in [3.63, 3.8) is 0 Å². The molecule has 0 aliphatic carbocycles. The quantitative estimate of drug-likeness (QED) is 0.621. The van der Waals surface area contributed by atoms with Gasteiger partial charge in [-0.1, -0.05) is 23.7 Å². The number of hydrogen-bond donors (Lipinski definition) is 3. The van der Waals surface area contributed by atoms with Crippen LogP contribution in [0.4, 0.5) is 24.5 Å². The molecule has 2 aromatic rings. The molecular weight excluding hydrogens is 433 g/mol. The fraction of sp³-hybridized carbons (Fsp3) is 0.278. The SMILES string of the molecule is CCNc1ccccc1S(=O)(=O)c1ccc(NC(=O)C(C)(O)C(F)(F)F)c(Cl)c1. The van der Waals surface area contributed by atoms with Crippen molar-refractivity contribution in [1.29, 1.82) is 0 Å². The van der Waals surface area contributed by atoms with Crippen molar-refractivity contribution in [1.82, 2.24) is 0 Å². The van der Waals surface area contributed by atoms with Crippen LogP contribution in [0.25, 0.3) is 0 Å². The van der Waals surface area contributed by atoms with Crippen LogP contribution in [0, 0.1) is 0 Å². The Balaban J connectivity index is 2.38. The molecule has 0 aliphatic rings. The Labute approximate surface area is 170 Å². The fourth-order valence-corrected chi connectivity index (χ4v) is 4.06. The lowest BCUT2D eigenvalue weighted by Crippen LogP contribution is -2.52. The Hall–Kier alpha value is -2.30. The van der Waals surface area contributed by atoms with Crippen molar-refractivity contribution in [3.8, 4) is 0 Å². The number of alkyl halides is 3. The first-order valence-corrected chi connectivity index (χ1v) is 10.2. The van der Waals surface area contributed by atoms with Gasteiger partial charge < -0.3 is 15.7 Å². The number of benzene rings is 2. The molecule has 0 heterocycles. The van der Waals surface area contributed by atoms with Gasteiger partial charge in [0.1, 0.15) is 0 Å². The van der Waals surface area contributed by atoms with Gasteiger partial charge >= 0.3 is 6.18 Å². The zero-order valence-corrected chi connectivity index (χ0v) is 16.9. The summed E-state index contributed by atoms with van der Waals surface area (Å²) in [6.07, 6.45) is -5.21. The van der Waals surface area contributed by atoms with Crippen molar-refractivity contribution >= 4 is 38.7 Å². The highest BCUT2D eigenvalue weighted by atomic mass is 35.5. The van der Waals surface area contributed by atoms with E-state index in [1.54, 1.807) is 25.1 Å². The van der Waals surface area contributed by atoms with E-state index in [1.165, 1.54) is 6.07 Å². The lowest BCUT2D eigenvalue weighted by Gasteiger charge is -2.25. The average molecular weight is 451 g/mol. The summed E-state index contributed by atoms with van der Waals surface area (Å²) in [5.74, 6) is -1.75. The smallest absolute Gasteiger partial charge is 0.384 e. The van der Waals surface area contributed by atoms with Crippen LogP contribution in [0.15, 0.2) is 52.3 Å². The van der Waals surface area contributed by atoms with Crippen LogP contribution in [-0.2, 0) is 14.6 Å². The van der Waals surface area contributed by atoms with Gasteiger partial charge in [0.25, 0.3) is 5.91 Å². The summed E-state index contributed by atoms with van der Waals surface area (Å²) in [5, 5.41) is 13.9. The monoisotopic (exact) mass is 450 g/mol. The van der Waals surface area contributed by atoms with E-state index in [1.807, 2.05) is 5.32 Å². The van der Waals surface area contributed by atoms with Crippen molar-refractivity contribution < 1.29 is 31.5 Å². The first-order valence-electron chi connectivity index (χ1n) is 8.30. The highest BCUT2D eigenvalue weighted by Crippen LogP contribution is 2.34. The van der Waals surface area contributed by atoms with Crippen LogP contribution in [0.3, 0.4) is 0 Å². The van der Waals surface area contributed by atoms with E-state index in [0.29, 0.717) is 19.2 Å². The predicted octanol–water partition coefficient (Wildman–Crippen LogP) is 3.86. The molecule has 3 N–H and O–H groups in total. The molecule has 1 unspecified atom stereocenters. The highest BCUT2D eigenvalue weighted by Gasteiger charge is 2.55. The molecule has 0 aliphatic heterocycles. The van der Waals surface area contributed by atoms with E-state index in [9.17, 15) is 31.5 Å². The van der Waals surface area contributed by atoms with Gasteiger partial charge in [-0.25, -0.2) is 8.42 Å². The van der Waals surface area contributed by atoms with E-state index in [2.05, 4.69) is 5.32 Å². The van der Waals surface area contributed by atoms with E-state index in [4.69, 9.17) is 11.6 Å². The van der Waals surface area contributed by atoms with Crippen molar-refractivity contribution in [2.24, 2.45) is 0 Å². The predicted molar refractivity (Wildman–Crippen MR) is 103 cm³/mol. The largest absolute Gasteiger partial charge is 0.426 e. The zero-order valence-electron chi connectivity index (χ0n) is 15.3. The first-order chi connectivity index (χ1) is 13.3. The van der Waals surface area contributed by atoms with Gasteiger partial charge in [0, 0.05) is 6.54 Å². The van der Waals surface area contributed by atoms with Gasteiger partial charge in [-0.15, -0.1) is 0 Å². The number of nitrogens with one attached hydrogen (secondary N) is 2. The van der Waals surface area contributed by atoms with Crippen molar-refractivity contribution in [2.75, 3.05) is 17.2 Å². The summed E-state index contributed by atoms with van der Waals surface area (Å²) in [5.41, 5.74) is -3.55. The molecule has 158 valence electrons. The van der Waals surface area contributed by atoms with Gasteiger partial charge in [-0.3, -0.25) is 4.79 Å². The number of sulfone groups is 1. The molecule has 11 heteroatoms. The number of para-hydroxylation sites is 1. The van der Waals surface area contributed by atoms with Crippen LogP contribution >= 0.6 is 11.6 Å². The molecule has 0 bridgehead atoms. The number of carbonyl (C=O) groups excluding carboxylic acids is 1. The first kappa shape index (κ1) is 23.0. The molecular formula is C18H18ClF3N2O4S. The van der Waals surface area contributed by atoms with Crippen LogP contribution in [0.1, 0.15) is 13.8 Å². The fourth-order valence-electron chi connectivity index (χ4n) is 2.30. The molecule has 2 rings (SSSR count). The minimum Gasteiger partial charge on any atom is -0.384 e. The minimum atomic E-state index is -5.21. The molecule has 0 aromatic heterocycles. The third-order valence-corrected chi connectivity index (χ3v) is 6.16. The molecule has 0 fully saturated rings. The maximum absolute atomic E-state index is 12.9. The second kappa shape index (κ2) is 8.21. The molecule has 6 nitrogen and oxygen atoms in total. The third kappa shape index (κ3) is 4.65. The number of rotatable bonds is 6. The van der Waals surface area contributed by atoms with E-state index >= 15 is 0 Å². The summed E-state index contributed by atoms with van der Waals surface area (Å²) in [6.45, 7) is 2.58. The van der Waals surface area contributed by atoms with Crippen LogP contribution in [0.5, 0.6) is 0 Å². The standard InChI is InChI=1S/C18H18ClF3N2O4S/c1-3-23-14-6-4-5-7-15(14)29(27,28)11-8-9-13(12(19)10-11)24-16(25)17(2,26)18(20,21)22/h4-10,23,26H,3H2,1-2H3,(H,24,25). The summed E-state index contributed by atoms with van der Waals surface area (Å²) in [4.78, 5) is 11.6. The Morgan fingerprint density at radius 1 is 1.14 bits per heavy atom. The number of halogens is 4. The highest BCUT2D eigenvalue weighted by molar-refractivity contribution is 7.91. The molecule has 0 saturated carbocycles. The lowest BCUT2D eigenvalue weighted by atomic mass is 10.1. The van der Waals surface area contributed by atoms with E-state index < -0.39 is 27.5 Å². The summed E-state index contributed by atoms with van der Waals surface area (Å²) >= 11 is 5.97. The Kier molecular flexibility index (Phi) is 6.51. The van der Waals surface area contributed by atoms with Crippen molar-refractivity contribution in [2.45, 2.75) is 35.4 Å². The number of anilines is 2. The normalized spacial score (nSPS) is 14.2. The maximum Gasteiger partial charge on any atom is 0.426 e. The molecule has 29 heavy (non-hydrogen) atoms. The Bertz CT molecular complexity index is 1020. The summed E-state index contributed by atoms with van der Waals surface area (Å²) in [7, 11) is -4.00. The molecule has 1 amide bonds. The topological polar surface area (TPSA) is 95.5 Å². The van der Waals surface area contributed by atoms with Crippen LogP contribution in [0.2, 0.25) is 5.02 Å². The Morgan fingerprint density at radius 3 is 2.31 bits per heavy atom. The van der Waals surface area contributed by atoms with Gasteiger partial charge in [0.15, 0.2) is 0 Å². The van der Waals surface area contributed by atoms with Gasteiger partial charge in [-0.2, -0.15) is 13.2 Å². The molecule has 2 aromatic carbocycles. The molecule has 0 saturated heterocycles.